The lowest BCUT2D eigenvalue weighted by molar-refractivity contribution is 0.513. The van der Waals surface area contributed by atoms with Gasteiger partial charge >= 0.3 is 0 Å². The second kappa shape index (κ2) is 4.97. The fourth-order valence-corrected chi connectivity index (χ4v) is 1.41. The van der Waals surface area contributed by atoms with Gasteiger partial charge in [-0.15, -0.1) is 11.3 Å². The van der Waals surface area contributed by atoms with Gasteiger partial charge in [-0.2, -0.15) is 0 Å². The quantitative estimate of drug-likeness (QED) is 0.638. The van der Waals surface area contributed by atoms with Crippen molar-refractivity contribution in [1.82, 2.24) is 0 Å². The lowest BCUT2D eigenvalue weighted by Crippen LogP contribution is -1.76. The number of hydrogen-bond donors (Lipinski definition) is 1. The van der Waals surface area contributed by atoms with Crippen molar-refractivity contribution in [2.24, 2.45) is 0 Å². The molecule has 0 bridgehead atoms. The van der Waals surface area contributed by atoms with E-state index in [9.17, 15) is 0 Å². The predicted octanol–water partition coefficient (Wildman–Crippen LogP) is 3.61. The van der Waals surface area contributed by atoms with Gasteiger partial charge in [-0.05, 0) is 18.4 Å². The summed E-state index contributed by atoms with van der Waals surface area (Å²) in [4.78, 5) is 1.11. The summed E-state index contributed by atoms with van der Waals surface area (Å²) in [6, 6.07) is 1.86. The van der Waals surface area contributed by atoms with Gasteiger partial charge in [-0.25, -0.2) is 0 Å². The van der Waals surface area contributed by atoms with E-state index >= 15 is 0 Å². The first-order chi connectivity index (χ1) is 5.22. The molecule has 62 valence electrons. The molecule has 1 rings (SSSR count). The maximum Gasteiger partial charge on any atom is 0.116 e. The molecule has 0 saturated carbocycles. The van der Waals surface area contributed by atoms with Gasteiger partial charge in [0, 0.05) is 10.4 Å². The number of hydrogen-bond acceptors (Lipinski definition) is 2. The van der Waals surface area contributed by atoms with Gasteiger partial charge in [0.15, 0.2) is 0 Å². The third-order valence-electron chi connectivity index (χ3n) is 1.17. The van der Waals surface area contributed by atoms with Crippen LogP contribution < -0.4 is 0 Å². The SMILES string of the molecule is C=C(O)c1ccsc1C.CC. The fourth-order valence-electron chi connectivity index (χ4n) is 0.684. The Labute approximate surface area is 72.0 Å². The number of aryl methyl sites for hydroxylation is 1. The normalized spacial score (nSPS) is 8.27. The van der Waals surface area contributed by atoms with Crippen LogP contribution in [-0.4, -0.2) is 5.11 Å². The Bertz CT molecular complexity index is 225. The van der Waals surface area contributed by atoms with Gasteiger partial charge in [-0.3, -0.25) is 0 Å². The summed E-state index contributed by atoms with van der Waals surface area (Å²) in [6.07, 6.45) is 0. The first-order valence-corrected chi connectivity index (χ1v) is 4.52. The Kier molecular flexibility index (Phi) is 4.62. The summed E-state index contributed by atoms with van der Waals surface area (Å²) in [5.41, 5.74) is 0.861. The fraction of sp³-hybridized carbons (Fsp3) is 0.333. The molecule has 0 aliphatic carbocycles. The summed E-state index contributed by atoms with van der Waals surface area (Å²) in [7, 11) is 0. The first kappa shape index (κ1) is 10.2. The molecule has 0 aliphatic heterocycles. The van der Waals surface area contributed by atoms with Crippen LogP contribution in [0.15, 0.2) is 18.0 Å². The molecule has 1 aromatic rings. The largest absolute Gasteiger partial charge is 0.508 e. The van der Waals surface area contributed by atoms with Crippen LogP contribution in [0.4, 0.5) is 0 Å². The summed E-state index contributed by atoms with van der Waals surface area (Å²) in [5, 5.41) is 10.8. The highest BCUT2D eigenvalue weighted by Crippen LogP contribution is 2.19. The third-order valence-corrected chi connectivity index (χ3v) is 2.02. The van der Waals surface area contributed by atoms with Crippen molar-refractivity contribution in [2.45, 2.75) is 20.8 Å². The van der Waals surface area contributed by atoms with Gasteiger partial charge in [0.1, 0.15) is 5.76 Å². The van der Waals surface area contributed by atoms with Crippen molar-refractivity contribution in [1.29, 1.82) is 0 Å². The monoisotopic (exact) mass is 170 g/mol. The molecule has 1 aromatic heterocycles. The lowest BCUT2D eigenvalue weighted by atomic mass is 10.2. The molecule has 1 N–H and O–H groups in total. The van der Waals surface area contributed by atoms with Crippen LogP contribution in [0.25, 0.3) is 5.76 Å². The van der Waals surface area contributed by atoms with Crippen LogP contribution in [0.3, 0.4) is 0 Å². The van der Waals surface area contributed by atoms with Crippen LogP contribution in [0.1, 0.15) is 24.3 Å². The van der Waals surface area contributed by atoms with E-state index in [2.05, 4.69) is 6.58 Å². The molecule has 0 fully saturated rings. The Morgan fingerprint density at radius 3 is 2.27 bits per heavy atom. The topological polar surface area (TPSA) is 20.2 Å². The average Bonchev–Trinajstić information content (AvgIpc) is 2.39. The van der Waals surface area contributed by atoms with Crippen molar-refractivity contribution in [3.05, 3.63) is 28.5 Å². The van der Waals surface area contributed by atoms with Crippen molar-refractivity contribution in [3.8, 4) is 0 Å². The van der Waals surface area contributed by atoms with Gasteiger partial charge in [0.05, 0.1) is 0 Å². The van der Waals surface area contributed by atoms with E-state index in [1.165, 1.54) is 0 Å². The molecule has 11 heavy (non-hydrogen) atoms. The Balaban J connectivity index is 0.000000461. The van der Waals surface area contributed by atoms with Gasteiger partial charge in [0.2, 0.25) is 0 Å². The van der Waals surface area contributed by atoms with Crippen LogP contribution in [-0.2, 0) is 0 Å². The van der Waals surface area contributed by atoms with E-state index in [1.54, 1.807) is 11.3 Å². The third kappa shape index (κ3) is 2.76. The van der Waals surface area contributed by atoms with Gasteiger partial charge in [-0.1, -0.05) is 20.4 Å². The zero-order valence-electron chi connectivity index (χ0n) is 7.22. The molecule has 0 amide bonds. The molecular weight excluding hydrogens is 156 g/mol. The first-order valence-electron chi connectivity index (χ1n) is 3.64. The van der Waals surface area contributed by atoms with Crippen LogP contribution in [0.2, 0.25) is 0 Å². The number of rotatable bonds is 1. The van der Waals surface area contributed by atoms with E-state index in [-0.39, 0.29) is 5.76 Å². The Hall–Kier alpha value is -0.760. The van der Waals surface area contributed by atoms with Crippen molar-refractivity contribution < 1.29 is 5.11 Å². The van der Waals surface area contributed by atoms with Crippen LogP contribution >= 0.6 is 11.3 Å². The van der Waals surface area contributed by atoms with Crippen molar-refractivity contribution >= 4 is 17.1 Å². The molecule has 0 aliphatic rings. The van der Waals surface area contributed by atoms with Crippen molar-refractivity contribution in [3.63, 3.8) is 0 Å². The molecule has 0 atom stereocenters. The second-order valence-corrected chi connectivity index (χ2v) is 2.96. The number of aliphatic hydroxyl groups excluding tert-OH is 1. The molecule has 0 saturated heterocycles. The molecule has 0 unspecified atom stereocenters. The smallest absolute Gasteiger partial charge is 0.116 e. The maximum absolute atomic E-state index is 8.91. The summed E-state index contributed by atoms with van der Waals surface area (Å²) in [6.45, 7) is 9.38. The van der Waals surface area contributed by atoms with E-state index in [4.69, 9.17) is 5.11 Å². The second-order valence-electron chi connectivity index (χ2n) is 1.84. The summed E-state index contributed by atoms with van der Waals surface area (Å²) in [5.74, 6) is 0.161. The molecule has 0 spiro atoms. The summed E-state index contributed by atoms with van der Waals surface area (Å²) >= 11 is 1.61. The van der Waals surface area contributed by atoms with E-state index in [1.807, 2.05) is 32.2 Å². The minimum Gasteiger partial charge on any atom is -0.508 e. The lowest BCUT2D eigenvalue weighted by Gasteiger charge is -1.92. The minimum atomic E-state index is 0.161. The standard InChI is InChI=1S/C7H8OS.C2H6/c1-5(8)7-3-4-9-6(7)2;1-2/h3-4,8H,1H2,2H3;1-2H3. The van der Waals surface area contributed by atoms with Gasteiger partial charge < -0.3 is 5.11 Å². The van der Waals surface area contributed by atoms with Crippen molar-refractivity contribution in [2.75, 3.05) is 0 Å². The zero-order chi connectivity index (χ0) is 8.85. The highest BCUT2D eigenvalue weighted by atomic mass is 32.1. The van der Waals surface area contributed by atoms with E-state index in [0.29, 0.717) is 0 Å². The predicted molar refractivity (Wildman–Crippen MR) is 52.1 cm³/mol. The molecule has 2 heteroatoms. The number of aliphatic hydroxyl groups is 1. The molecule has 1 nitrogen and oxygen atoms in total. The number of thiophene rings is 1. The van der Waals surface area contributed by atoms with Crippen LogP contribution in [0.5, 0.6) is 0 Å². The molecule has 1 heterocycles. The van der Waals surface area contributed by atoms with E-state index < -0.39 is 0 Å². The molecular formula is C9H14OS. The average molecular weight is 170 g/mol. The van der Waals surface area contributed by atoms with E-state index in [0.717, 1.165) is 10.4 Å². The van der Waals surface area contributed by atoms with Crippen LogP contribution in [0, 0.1) is 6.92 Å². The highest BCUT2D eigenvalue weighted by Gasteiger charge is 1.99. The molecule has 0 radical (unpaired) electrons. The Morgan fingerprint density at radius 1 is 1.55 bits per heavy atom. The molecule has 0 aromatic carbocycles. The maximum atomic E-state index is 8.91. The zero-order valence-corrected chi connectivity index (χ0v) is 8.03. The van der Waals surface area contributed by atoms with Gasteiger partial charge in [0.25, 0.3) is 0 Å². The minimum absolute atomic E-state index is 0.161. The Morgan fingerprint density at radius 2 is 2.09 bits per heavy atom. The summed E-state index contributed by atoms with van der Waals surface area (Å²) < 4.78 is 0. The highest BCUT2D eigenvalue weighted by molar-refractivity contribution is 7.10.